The molecule has 0 aromatic rings. The molecule has 0 aromatic carbocycles. The van der Waals surface area contributed by atoms with Crippen molar-refractivity contribution in [2.75, 3.05) is 0 Å². The van der Waals surface area contributed by atoms with Crippen LogP contribution < -0.4 is 0 Å². The van der Waals surface area contributed by atoms with Gasteiger partial charge in [-0.15, -0.1) is 0 Å². The summed E-state index contributed by atoms with van der Waals surface area (Å²) in [6.07, 6.45) is 6.12. The Morgan fingerprint density at radius 3 is 2.27 bits per heavy atom. The van der Waals surface area contributed by atoms with Crippen LogP contribution in [0.5, 0.6) is 0 Å². The maximum Gasteiger partial charge on any atom is -0.0323 e. The van der Waals surface area contributed by atoms with Gasteiger partial charge in [0.05, 0.1) is 0 Å². The zero-order chi connectivity index (χ0) is 7.64. The number of rotatable bonds is 2. The summed E-state index contributed by atoms with van der Waals surface area (Å²) in [7, 11) is 0. The Kier molecular flexibility index (Phi) is 0.990. The van der Waals surface area contributed by atoms with Crippen LogP contribution in [0.1, 0.15) is 39.5 Å². The Morgan fingerprint density at radius 2 is 1.91 bits per heavy atom. The molecule has 0 amide bonds. The van der Waals surface area contributed by atoms with E-state index in [1.54, 1.807) is 19.3 Å². The van der Waals surface area contributed by atoms with Gasteiger partial charge >= 0.3 is 0 Å². The first kappa shape index (κ1) is 6.51. The van der Waals surface area contributed by atoms with E-state index in [9.17, 15) is 0 Å². The fourth-order valence-electron chi connectivity index (χ4n) is 3.29. The molecule has 2 atom stereocenters. The summed E-state index contributed by atoms with van der Waals surface area (Å²) in [6.45, 7) is 4.82. The summed E-state index contributed by atoms with van der Waals surface area (Å²) >= 11 is 0. The van der Waals surface area contributed by atoms with Gasteiger partial charge in [-0.25, -0.2) is 0 Å². The molecule has 0 heteroatoms. The normalized spacial score (nSPS) is 64.9. The molecule has 0 nitrogen and oxygen atoms in total. The molecule has 0 spiro atoms. The maximum atomic E-state index is 2.47. The molecular weight excluding hydrogens is 132 g/mol. The van der Waals surface area contributed by atoms with Crippen molar-refractivity contribution in [2.24, 2.45) is 29.1 Å². The molecule has 3 rings (SSSR count). The summed E-state index contributed by atoms with van der Waals surface area (Å²) in [5.41, 5.74) is 0.764. The number of hydrogen-bond acceptors (Lipinski definition) is 0. The molecule has 3 aliphatic carbocycles. The van der Waals surface area contributed by atoms with Gasteiger partial charge in [-0.3, -0.25) is 0 Å². The molecule has 2 unspecified atom stereocenters. The topological polar surface area (TPSA) is 0 Å². The van der Waals surface area contributed by atoms with Crippen LogP contribution in [0, 0.1) is 29.1 Å². The second-order valence-corrected chi connectivity index (χ2v) is 5.47. The minimum absolute atomic E-state index is 0.764. The van der Waals surface area contributed by atoms with Crippen LogP contribution in [0.4, 0.5) is 0 Å². The molecule has 0 bridgehead atoms. The van der Waals surface area contributed by atoms with Crippen molar-refractivity contribution in [3.05, 3.63) is 0 Å². The fraction of sp³-hybridized carbons (Fsp3) is 1.00. The summed E-state index contributed by atoms with van der Waals surface area (Å²) in [5, 5.41) is 0. The monoisotopic (exact) mass is 150 g/mol. The molecule has 0 saturated heterocycles. The average Bonchev–Trinajstić information content (AvgIpc) is 2.69. The second kappa shape index (κ2) is 1.67. The van der Waals surface area contributed by atoms with E-state index in [0.29, 0.717) is 0 Å². The van der Waals surface area contributed by atoms with Crippen molar-refractivity contribution in [2.45, 2.75) is 39.5 Å². The minimum atomic E-state index is 0.764. The van der Waals surface area contributed by atoms with Gasteiger partial charge in [0, 0.05) is 0 Å². The van der Waals surface area contributed by atoms with Crippen molar-refractivity contribution >= 4 is 0 Å². The average molecular weight is 150 g/mol. The molecule has 0 heterocycles. The molecule has 11 heavy (non-hydrogen) atoms. The van der Waals surface area contributed by atoms with Gasteiger partial charge in [-0.2, -0.15) is 0 Å². The van der Waals surface area contributed by atoms with Crippen LogP contribution in [0.3, 0.4) is 0 Å². The van der Waals surface area contributed by atoms with Gasteiger partial charge < -0.3 is 0 Å². The largest absolute Gasteiger partial charge is 0.0649 e. The van der Waals surface area contributed by atoms with E-state index in [-0.39, 0.29) is 0 Å². The first-order valence-corrected chi connectivity index (χ1v) is 5.23. The molecule has 0 aromatic heterocycles. The van der Waals surface area contributed by atoms with Gasteiger partial charge in [-0.05, 0) is 48.3 Å². The lowest BCUT2D eigenvalue weighted by Crippen LogP contribution is -2.36. The van der Waals surface area contributed by atoms with Gasteiger partial charge in [-0.1, -0.05) is 20.3 Å². The lowest BCUT2D eigenvalue weighted by molar-refractivity contribution is 0.0427. The zero-order valence-electron chi connectivity index (χ0n) is 7.64. The summed E-state index contributed by atoms with van der Waals surface area (Å²) in [5.74, 6) is 4.88. The van der Waals surface area contributed by atoms with Crippen molar-refractivity contribution in [1.82, 2.24) is 0 Å². The van der Waals surface area contributed by atoms with E-state index in [4.69, 9.17) is 0 Å². The fourth-order valence-corrected chi connectivity index (χ4v) is 3.29. The zero-order valence-corrected chi connectivity index (χ0v) is 7.64. The minimum Gasteiger partial charge on any atom is -0.0649 e. The van der Waals surface area contributed by atoms with Gasteiger partial charge in [0.1, 0.15) is 0 Å². The summed E-state index contributed by atoms with van der Waals surface area (Å²) in [4.78, 5) is 0. The van der Waals surface area contributed by atoms with Crippen LogP contribution in [-0.2, 0) is 0 Å². The SMILES string of the molecule is CCC1(C)CC(C2C3CC32)C1. The molecule has 0 aliphatic heterocycles. The van der Waals surface area contributed by atoms with E-state index in [1.165, 1.54) is 30.1 Å². The van der Waals surface area contributed by atoms with Crippen molar-refractivity contribution in [3.8, 4) is 0 Å². The highest BCUT2D eigenvalue weighted by molar-refractivity contribution is 5.16. The number of hydrogen-bond donors (Lipinski definition) is 0. The second-order valence-electron chi connectivity index (χ2n) is 5.47. The van der Waals surface area contributed by atoms with Crippen LogP contribution in [0.25, 0.3) is 0 Å². The third kappa shape index (κ3) is 0.761. The van der Waals surface area contributed by atoms with Crippen molar-refractivity contribution in [1.29, 1.82) is 0 Å². The van der Waals surface area contributed by atoms with Gasteiger partial charge in [0.25, 0.3) is 0 Å². The molecular formula is C11H18. The smallest absolute Gasteiger partial charge is 0.0323 e. The predicted molar refractivity (Wildman–Crippen MR) is 46.2 cm³/mol. The maximum absolute atomic E-state index is 2.47. The van der Waals surface area contributed by atoms with Crippen LogP contribution in [-0.4, -0.2) is 0 Å². The lowest BCUT2D eigenvalue weighted by atomic mass is 9.59. The number of fused-ring (bicyclic) bond motifs is 1. The van der Waals surface area contributed by atoms with Crippen LogP contribution >= 0.6 is 0 Å². The molecule has 0 N–H and O–H groups in total. The highest BCUT2D eigenvalue weighted by Crippen LogP contribution is 2.75. The molecule has 0 radical (unpaired) electrons. The highest BCUT2D eigenvalue weighted by Gasteiger charge is 2.68. The van der Waals surface area contributed by atoms with E-state index in [2.05, 4.69) is 13.8 Å². The molecule has 3 fully saturated rings. The van der Waals surface area contributed by atoms with Crippen LogP contribution in [0.2, 0.25) is 0 Å². The molecule has 3 aliphatic rings. The first-order valence-electron chi connectivity index (χ1n) is 5.23. The Labute approximate surface area is 69.4 Å². The Morgan fingerprint density at radius 1 is 1.27 bits per heavy atom. The Hall–Kier alpha value is 0. The highest BCUT2D eigenvalue weighted by atomic mass is 14.7. The Bertz CT molecular complexity index is 180. The lowest BCUT2D eigenvalue weighted by Gasteiger charge is -2.46. The van der Waals surface area contributed by atoms with E-state index < -0.39 is 0 Å². The third-order valence-corrected chi connectivity index (χ3v) is 4.65. The summed E-state index contributed by atoms with van der Waals surface area (Å²) in [6, 6.07) is 0. The van der Waals surface area contributed by atoms with Crippen molar-refractivity contribution in [3.63, 3.8) is 0 Å². The predicted octanol–water partition coefficient (Wildman–Crippen LogP) is 3.08. The van der Waals surface area contributed by atoms with E-state index in [1.807, 2.05) is 0 Å². The summed E-state index contributed by atoms with van der Waals surface area (Å²) < 4.78 is 0. The quantitative estimate of drug-likeness (QED) is 0.567. The van der Waals surface area contributed by atoms with Gasteiger partial charge in [0.2, 0.25) is 0 Å². The van der Waals surface area contributed by atoms with Crippen LogP contribution in [0.15, 0.2) is 0 Å². The standard InChI is InChI=1S/C11H18/c1-3-11(2)5-7(6-11)10-8-4-9(8)10/h7-10H,3-6H2,1-2H3. The molecule has 62 valence electrons. The first-order chi connectivity index (χ1) is 5.23. The Balaban J connectivity index is 1.56. The van der Waals surface area contributed by atoms with E-state index in [0.717, 1.165) is 5.41 Å². The molecule has 3 saturated carbocycles. The van der Waals surface area contributed by atoms with E-state index >= 15 is 0 Å². The third-order valence-electron chi connectivity index (χ3n) is 4.65. The van der Waals surface area contributed by atoms with Gasteiger partial charge in [0.15, 0.2) is 0 Å². The van der Waals surface area contributed by atoms with Crippen molar-refractivity contribution < 1.29 is 0 Å².